The van der Waals surface area contributed by atoms with Gasteiger partial charge in [0.1, 0.15) is 0 Å². The molecule has 0 N–H and O–H groups in total. The van der Waals surface area contributed by atoms with Gasteiger partial charge in [-0.3, -0.25) is 9.69 Å². The maximum Gasteiger partial charge on any atom is 0.311 e. The molecule has 0 spiro atoms. The van der Waals surface area contributed by atoms with Crippen LogP contribution < -0.4 is 0 Å². The number of fused-ring (bicyclic) bond motifs is 1. The first-order chi connectivity index (χ1) is 11.8. The molecule has 0 aromatic heterocycles. The van der Waals surface area contributed by atoms with E-state index in [2.05, 4.69) is 17.0 Å². The van der Waals surface area contributed by atoms with E-state index in [9.17, 15) is 4.79 Å². The number of nitrogens with zero attached hydrogens (tertiary/aromatic N) is 1. The highest BCUT2D eigenvalue weighted by atomic mass is 16.6. The molecule has 2 aliphatic rings. The van der Waals surface area contributed by atoms with E-state index in [0.29, 0.717) is 12.5 Å². The van der Waals surface area contributed by atoms with Crippen molar-refractivity contribution in [2.45, 2.75) is 37.3 Å². The maximum absolute atomic E-state index is 12.6. The molecule has 3 heteroatoms. The minimum absolute atomic E-state index is 0.129. The SMILES string of the molecule is O=C(Cc1ccccc1)O[C@]1(c2ccccc2)CN2CCCCC21. The lowest BCUT2D eigenvalue weighted by Gasteiger charge is -2.58. The Hall–Kier alpha value is -2.13. The average Bonchev–Trinajstić information content (AvgIpc) is 2.61. The zero-order valence-corrected chi connectivity index (χ0v) is 13.9. The molecule has 2 saturated heterocycles. The number of hydrogen-bond donors (Lipinski definition) is 0. The highest BCUT2D eigenvalue weighted by Crippen LogP contribution is 2.46. The van der Waals surface area contributed by atoms with Gasteiger partial charge >= 0.3 is 5.97 Å². The molecule has 2 fully saturated rings. The number of hydrogen-bond acceptors (Lipinski definition) is 3. The number of ether oxygens (including phenoxy) is 1. The summed E-state index contributed by atoms with van der Waals surface area (Å²) < 4.78 is 6.15. The second kappa shape index (κ2) is 6.40. The molecule has 124 valence electrons. The fourth-order valence-corrected chi connectivity index (χ4v) is 4.17. The minimum atomic E-state index is -0.465. The largest absolute Gasteiger partial charge is 0.451 e. The van der Waals surface area contributed by atoms with Gasteiger partial charge in [-0.25, -0.2) is 0 Å². The number of rotatable bonds is 4. The van der Waals surface area contributed by atoms with Crippen molar-refractivity contribution in [2.75, 3.05) is 13.1 Å². The van der Waals surface area contributed by atoms with E-state index >= 15 is 0 Å². The number of benzene rings is 2. The molecule has 2 atom stereocenters. The molecule has 0 aliphatic carbocycles. The monoisotopic (exact) mass is 321 g/mol. The molecular weight excluding hydrogens is 298 g/mol. The van der Waals surface area contributed by atoms with Crippen LogP contribution in [0.2, 0.25) is 0 Å². The van der Waals surface area contributed by atoms with Crippen molar-refractivity contribution >= 4 is 5.97 Å². The molecule has 0 bridgehead atoms. The number of esters is 1. The summed E-state index contributed by atoms with van der Waals surface area (Å²) in [5, 5.41) is 0. The lowest BCUT2D eigenvalue weighted by molar-refractivity contribution is -0.210. The Morgan fingerprint density at radius 3 is 2.46 bits per heavy atom. The van der Waals surface area contributed by atoms with Crippen LogP contribution in [0.25, 0.3) is 0 Å². The highest BCUT2D eigenvalue weighted by molar-refractivity contribution is 5.73. The predicted molar refractivity (Wildman–Crippen MR) is 93.6 cm³/mol. The molecule has 3 nitrogen and oxygen atoms in total. The van der Waals surface area contributed by atoms with Gasteiger partial charge in [0, 0.05) is 6.54 Å². The van der Waals surface area contributed by atoms with Crippen molar-refractivity contribution in [1.82, 2.24) is 4.90 Å². The molecule has 2 aromatic rings. The number of carbonyl (C=O) groups is 1. The molecule has 24 heavy (non-hydrogen) atoms. The van der Waals surface area contributed by atoms with Gasteiger partial charge in [-0.2, -0.15) is 0 Å². The van der Waals surface area contributed by atoms with Crippen LogP contribution in [0, 0.1) is 0 Å². The van der Waals surface area contributed by atoms with Crippen LogP contribution in [-0.2, 0) is 21.6 Å². The van der Waals surface area contributed by atoms with Crippen molar-refractivity contribution < 1.29 is 9.53 Å². The van der Waals surface area contributed by atoms with E-state index in [1.54, 1.807) is 0 Å². The van der Waals surface area contributed by atoms with Gasteiger partial charge in [0.15, 0.2) is 5.60 Å². The third-order valence-electron chi connectivity index (χ3n) is 5.34. The molecule has 2 heterocycles. The van der Waals surface area contributed by atoms with Gasteiger partial charge in [0.25, 0.3) is 0 Å². The Kier molecular flexibility index (Phi) is 4.11. The van der Waals surface area contributed by atoms with E-state index in [1.165, 1.54) is 12.8 Å². The fraction of sp³-hybridized carbons (Fsp3) is 0.381. The lowest BCUT2D eigenvalue weighted by atomic mass is 9.73. The van der Waals surface area contributed by atoms with Crippen LogP contribution in [-0.4, -0.2) is 30.0 Å². The summed E-state index contributed by atoms with van der Waals surface area (Å²) in [4.78, 5) is 15.1. The summed E-state index contributed by atoms with van der Waals surface area (Å²) in [6.45, 7) is 1.94. The van der Waals surface area contributed by atoms with E-state index in [0.717, 1.165) is 30.6 Å². The summed E-state index contributed by atoms with van der Waals surface area (Å²) in [5.74, 6) is -0.129. The second-order valence-corrected chi connectivity index (χ2v) is 6.87. The molecule has 2 aliphatic heterocycles. The van der Waals surface area contributed by atoms with Crippen LogP contribution in [0.15, 0.2) is 60.7 Å². The van der Waals surface area contributed by atoms with Crippen molar-refractivity contribution in [1.29, 1.82) is 0 Å². The second-order valence-electron chi connectivity index (χ2n) is 6.87. The Morgan fingerprint density at radius 2 is 1.75 bits per heavy atom. The third-order valence-corrected chi connectivity index (χ3v) is 5.34. The Morgan fingerprint density at radius 1 is 1.04 bits per heavy atom. The zero-order valence-electron chi connectivity index (χ0n) is 13.9. The number of piperidine rings is 1. The zero-order chi connectivity index (χ0) is 16.4. The van der Waals surface area contributed by atoms with E-state index in [-0.39, 0.29) is 5.97 Å². The Bertz CT molecular complexity index is 700. The Labute approximate surface area is 143 Å². The van der Waals surface area contributed by atoms with Gasteiger partial charge in [-0.15, -0.1) is 0 Å². The van der Waals surface area contributed by atoms with Crippen LogP contribution >= 0.6 is 0 Å². The third kappa shape index (κ3) is 2.73. The van der Waals surface area contributed by atoms with Crippen molar-refractivity contribution in [3.8, 4) is 0 Å². The summed E-state index contributed by atoms with van der Waals surface area (Å²) in [6.07, 6.45) is 3.90. The maximum atomic E-state index is 12.6. The van der Waals surface area contributed by atoms with Crippen LogP contribution in [0.5, 0.6) is 0 Å². The first-order valence-electron chi connectivity index (χ1n) is 8.83. The fourth-order valence-electron chi connectivity index (χ4n) is 4.17. The summed E-state index contributed by atoms with van der Waals surface area (Å²) in [6, 6.07) is 20.4. The lowest BCUT2D eigenvalue weighted by Crippen LogP contribution is -2.70. The molecule has 0 amide bonds. The van der Waals surface area contributed by atoms with E-state index < -0.39 is 5.60 Å². The molecular formula is C21H23NO2. The molecule has 0 radical (unpaired) electrons. The van der Waals surface area contributed by atoms with Gasteiger partial charge < -0.3 is 4.74 Å². The van der Waals surface area contributed by atoms with Gasteiger partial charge in [-0.05, 0) is 30.5 Å². The van der Waals surface area contributed by atoms with Gasteiger partial charge in [-0.1, -0.05) is 67.1 Å². The first kappa shape index (κ1) is 15.4. The topological polar surface area (TPSA) is 29.5 Å². The number of carbonyl (C=O) groups excluding carboxylic acids is 1. The molecule has 4 rings (SSSR count). The van der Waals surface area contributed by atoms with Crippen LogP contribution in [0.3, 0.4) is 0 Å². The van der Waals surface area contributed by atoms with Crippen LogP contribution in [0.4, 0.5) is 0 Å². The van der Waals surface area contributed by atoms with Gasteiger partial charge in [0.05, 0.1) is 12.5 Å². The van der Waals surface area contributed by atoms with E-state index in [1.807, 2.05) is 48.5 Å². The van der Waals surface area contributed by atoms with Crippen molar-refractivity contribution in [3.63, 3.8) is 0 Å². The average molecular weight is 321 g/mol. The first-order valence-corrected chi connectivity index (χ1v) is 8.83. The van der Waals surface area contributed by atoms with Crippen molar-refractivity contribution in [2.24, 2.45) is 0 Å². The van der Waals surface area contributed by atoms with Crippen molar-refractivity contribution in [3.05, 3.63) is 71.8 Å². The quantitative estimate of drug-likeness (QED) is 0.807. The standard InChI is InChI=1S/C21H23NO2/c23-20(15-17-9-3-1-4-10-17)24-21(18-11-5-2-6-12-18)16-22-14-8-7-13-19(21)22/h1-6,9-12,19H,7-8,13-16H2/t19?,21-/m0/s1. The highest BCUT2D eigenvalue weighted by Gasteiger charge is 2.57. The van der Waals surface area contributed by atoms with Crippen LogP contribution in [0.1, 0.15) is 30.4 Å². The molecule has 2 aromatic carbocycles. The van der Waals surface area contributed by atoms with Gasteiger partial charge in [0.2, 0.25) is 0 Å². The molecule has 0 saturated carbocycles. The Balaban J connectivity index is 1.56. The summed E-state index contributed by atoms with van der Waals surface area (Å²) in [5.41, 5.74) is 1.67. The van der Waals surface area contributed by atoms with E-state index in [4.69, 9.17) is 4.74 Å². The smallest absolute Gasteiger partial charge is 0.311 e. The summed E-state index contributed by atoms with van der Waals surface area (Å²) in [7, 11) is 0. The molecule has 1 unspecified atom stereocenters. The minimum Gasteiger partial charge on any atom is -0.451 e. The normalized spacial score (nSPS) is 26.2. The predicted octanol–water partition coefficient (Wildman–Crippen LogP) is 3.54. The summed E-state index contributed by atoms with van der Waals surface area (Å²) >= 11 is 0.